The Morgan fingerprint density at radius 2 is 2.31 bits per heavy atom. The van der Waals surface area contributed by atoms with Crippen LogP contribution in [0.25, 0.3) is 0 Å². The van der Waals surface area contributed by atoms with Crippen LogP contribution in [0.3, 0.4) is 0 Å². The number of aliphatic carboxylic acids is 1. The lowest BCUT2D eigenvalue weighted by Gasteiger charge is -2.02. The van der Waals surface area contributed by atoms with Gasteiger partial charge < -0.3 is 9.67 Å². The van der Waals surface area contributed by atoms with Gasteiger partial charge in [-0.25, -0.2) is 0 Å². The number of aryl methyl sites for hydroxylation is 1. The molecule has 0 aliphatic rings. The van der Waals surface area contributed by atoms with Crippen LogP contribution in [0.15, 0.2) is 21.5 Å². The highest BCUT2D eigenvalue weighted by atomic mass is 79.9. The second-order valence-electron chi connectivity index (χ2n) is 2.68. The first-order valence-electron chi connectivity index (χ1n) is 3.57. The third kappa shape index (κ3) is 2.42. The van der Waals surface area contributed by atoms with E-state index in [-0.39, 0.29) is 12.0 Å². The molecule has 0 radical (unpaired) electrons. The maximum atomic E-state index is 11.2. The summed E-state index contributed by atoms with van der Waals surface area (Å²) in [6.07, 6.45) is 1.44. The fraction of sp³-hybridized carbons (Fsp3) is 0.250. The van der Waals surface area contributed by atoms with Crippen molar-refractivity contribution in [2.24, 2.45) is 7.05 Å². The van der Waals surface area contributed by atoms with E-state index in [2.05, 4.69) is 15.9 Å². The summed E-state index contributed by atoms with van der Waals surface area (Å²) in [4.78, 5) is 21.5. The first-order valence-corrected chi connectivity index (χ1v) is 4.37. The van der Waals surface area contributed by atoms with E-state index in [1.807, 2.05) is 0 Å². The molecule has 1 aromatic heterocycles. The van der Waals surface area contributed by atoms with Gasteiger partial charge in [-0.2, -0.15) is 0 Å². The van der Waals surface area contributed by atoms with Crippen molar-refractivity contribution in [1.29, 1.82) is 0 Å². The van der Waals surface area contributed by atoms with Crippen LogP contribution in [0.4, 0.5) is 0 Å². The molecule has 70 valence electrons. The van der Waals surface area contributed by atoms with Gasteiger partial charge in [0.15, 0.2) is 0 Å². The maximum Gasteiger partial charge on any atom is 0.307 e. The highest BCUT2D eigenvalue weighted by Gasteiger charge is 2.04. The fourth-order valence-electron chi connectivity index (χ4n) is 1.01. The Bertz CT molecular complexity index is 371. The second kappa shape index (κ2) is 3.74. The van der Waals surface area contributed by atoms with Crippen LogP contribution in [-0.2, 0) is 18.3 Å². The van der Waals surface area contributed by atoms with E-state index in [9.17, 15) is 9.59 Å². The molecular formula is C8H8BrNO3. The maximum absolute atomic E-state index is 11.2. The molecule has 1 rings (SSSR count). The van der Waals surface area contributed by atoms with Gasteiger partial charge in [0.05, 0.1) is 10.9 Å². The van der Waals surface area contributed by atoms with Gasteiger partial charge in [-0.1, -0.05) is 0 Å². The highest BCUT2D eigenvalue weighted by molar-refractivity contribution is 9.10. The van der Waals surface area contributed by atoms with E-state index in [4.69, 9.17) is 5.11 Å². The summed E-state index contributed by atoms with van der Waals surface area (Å²) in [7, 11) is 1.58. The fourth-order valence-corrected chi connectivity index (χ4v) is 1.58. The van der Waals surface area contributed by atoms with Gasteiger partial charge in [-0.15, -0.1) is 0 Å². The predicted octanol–water partition coefficient (Wildman–Crippen LogP) is 0.775. The van der Waals surface area contributed by atoms with Crippen LogP contribution >= 0.6 is 15.9 Å². The molecule has 4 nitrogen and oxygen atoms in total. The Morgan fingerprint density at radius 1 is 1.69 bits per heavy atom. The zero-order valence-electron chi connectivity index (χ0n) is 6.95. The monoisotopic (exact) mass is 245 g/mol. The molecule has 0 aliphatic heterocycles. The number of carboxylic acid groups (broad SMARTS) is 1. The number of carboxylic acids is 1. The average Bonchev–Trinajstić information content (AvgIpc) is 1.98. The Kier molecular flexibility index (Phi) is 2.87. The smallest absolute Gasteiger partial charge is 0.307 e. The number of rotatable bonds is 2. The molecular weight excluding hydrogens is 238 g/mol. The van der Waals surface area contributed by atoms with E-state index in [1.54, 1.807) is 7.05 Å². The van der Waals surface area contributed by atoms with Crippen LogP contribution in [-0.4, -0.2) is 15.6 Å². The minimum Gasteiger partial charge on any atom is -0.481 e. The molecule has 0 spiro atoms. The van der Waals surface area contributed by atoms with Gasteiger partial charge in [-0.05, 0) is 27.6 Å². The lowest BCUT2D eigenvalue weighted by molar-refractivity contribution is -0.136. The SMILES string of the molecule is Cn1cc(CC(=O)O)cc(Br)c1=O. The number of pyridine rings is 1. The summed E-state index contributed by atoms with van der Waals surface area (Å²) in [6, 6.07) is 1.52. The van der Waals surface area contributed by atoms with Crippen LogP contribution in [0.5, 0.6) is 0 Å². The van der Waals surface area contributed by atoms with Crippen molar-refractivity contribution in [3.05, 3.63) is 32.7 Å². The number of halogens is 1. The molecule has 0 atom stereocenters. The van der Waals surface area contributed by atoms with E-state index in [1.165, 1.54) is 16.8 Å². The summed E-state index contributed by atoms with van der Waals surface area (Å²) >= 11 is 3.06. The van der Waals surface area contributed by atoms with Crippen LogP contribution < -0.4 is 5.56 Å². The van der Waals surface area contributed by atoms with Crippen molar-refractivity contribution in [3.63, 3.8) is 0 Å². The number of nitrogens with zero attached hydrogens (tertiary/aromatic N) is 1. The molecule has 0 aliphatic carbocycles. The van der Waals surface area contributed by atoms with E-state index in [0.29, 0.717) is 10.0 Å². The van der Waals surface area contributed by atoms with Crippen molar-refractivity contribution >= 4 is 21.9 Å². The predicted molar refractivity (Wildman–Crippen MR) is 50.7 cm³/mol. The molecule has 0 unspecified atom stereocenters. The van der Waals surface area contributed by atoms with Gasteiger partial charge in [0.1, 0.15) is 0 Å². The minimum absolute atomic E-state index is 0.0767. The molecule has 0 fully saturated rings. The quantitative estimate of drug-likeness (QED) is 0.838. The zero-order chi connectivity index (χ0) is 10.0. The molecule has 0 amide bonds. The standard InChI is InChI=1S/C8H8BrNO3/c1-10-4-5(3-7(11)12)2-6(9)8(10)13/h2,4H,3H2,1H3,(H,11,12). The molecule has 0 bridgehead atoms. The summed E-state index contributed by atoms with van der Waals surface area (Å²) in [5.74, 6) is -0.912. The molecule has 0 aromatic carbocycles. The van der Waals surface area contributed by atoms with Gasteiger partial charge in [0.25, 0.3) is 5.56 Å². The number of carbonyl (C=O) groups is 1. The van der Waals surface area contributed by atoms with Crippen LogP contribution in [0.2, 0.25) is 0 Å². The topological polar surface area (TPSA) is 59.3 Å². The van der Waals surface area contributed by atoms with Gasteiger partial charge in [0, 0.05) is 13.2 Å². The zero-order valence-corrected chi connectivity index (χ0v) is 8.54. The third-order valence-corrected chi connectivity index (χ3v) is 2.12. The summed E-state index contributed by atoms with van der Waals surface area (Å²) in [5.41, 5.74) is 0.426. The molecule has 5 heteroatoms. The Hall–Kier alpha value is -1.10. The first-order chi connectivity index (χ1) is 6.00. The molecule has 0 saturated heterocycles. The number of aromatic nitrogens is 1. The van der Waals surface area contributed by atoms with Crippen LogP contribution in [0.1, 0.15) is 5.56 Å². The lowest BCUT2D eigenvalue weighted by atomic mass is 10.2. The van der Waals surface area contributed by atoms with E-state index < -0.39 is 5.97 Å². The molecule has 1 heterocycles. The Labute approximate surface area is 82.9 Å². The first kappa shape index (κ1) is 9.98. The van der Waals surface area contributed by atoms with Gasteiger partial charge in [0.2, 0.25) is 0 Å². The minimum atomic E-state index is -0.912. The van der Waals surface area contributed by atoms with E-state index >= 15 is 0 Å². The number of hydrogen-bond acceptors (Lipinski definition) is 2. The van der Waals surface area contributed by atoms with E-state index in [0.717, 1.165) is 0 Å². The van der Waals surface area contributed by atoms with Crippen molar-refractivity contribution in [2.75, 3.05) is 0 Å². The van der Waals surface area contributed by atoms with Crippen molar-refractivity contribution in [2.45, 2.75) is 6.42 Å². The normalized spacial score (nSPS) is 10.0. The second-order valence-corrected chi connectivity index (χ2v) is 3.54. The summed E-state index contributed by atoms with van der Waals surface area (Å²) < 4.78 is 1.73. The van der Waals surface area contributed by atoms with Gasteiger partial charge in [-0.3, -0.25) is 9.59 Å². The van der Waals surface area contributed by atoms with Crippen molar-refractivity contribution < 1.29 is 9.90 Å². The lowest BCUT2D eigenvalue weighted by Crippen LogP contribution is -2.18. The Morgan fingerprint density at radius 3 is 2.77 bits per heavy atom. The summed E-state index contributed by atoms with van der Waals surface area (Å²) in [6.45, 7) is 0. The third-order valence-electron chi connectivity index (χ3n) is 1.55. The highest BCUT2D eigenvalue weighted by Crippen LogP contribution is 2.06. The molecule has 1 aromatic rings. The largest absolute Gasteiger partial charge is 0.481 e. The average molecular weight is 246 g/mol. The summed E-state index contributed by atoms with van der Waals surface area (Å²) in [5, 5.41) is 8.52. The van der Waals surface area contributed by atoms with Crippen molar-refractivity contribution in [1.82, 2.24) is 4.57 Å². The molecule has 13 heavy (non-hydrogen) atoms. The number of hydrogen-bond donors (Lipinski definition) is 1. The molecule has 0 saturated carbocycles. The molecule has 1 N–H and O–H groups in total. The Balaban J connectivity index is 3.13. The van der Waals surface area contributed by atoms with Crippen LogP contribution in [0, 0.1) is 0 Å². The van der Waals surface area contributed by atoms with Crippen molar-refractivity contribution in [3.8, 4) is 0 Å². The van der Waals surface area contributed by atoms with Gasteiger partial charge >= 0.3 is 5.97 Å².